The summed E-state index contributed by atoms with van der Waals surface area (Å²) in [7, 11) is -3.27. The first-order chi connectivity index (χ1) is 9.38. The lowest BCUT2D eigenvalue weighted by Gasteiger charge is -2.07. The number of benzene rings is 1. The quantitative estimate of drug-likeness (QED) is 0.659. The van der Waals surface area contributed by atoms with E-state index in [4.69, 9.17) is 0 Å². The maximum Gasteiger partial charge on any atom is 0.253 e. The first kappa shape index (κ1) is 14.6. The van der Waals surface area contributed by atoms with Crippen LogP contribution in [0.2, 0.25) is 0 Å². The van der Waals surface area contributed by atoms with Crippen LogP contribution in [0.4, 0.5) is 11.5 Å². The summed E-state index contributed by atoms with van der Waals surface area (Å²) in [6.07, 6.45) is 2.94. The molecule has 1 aromatic heterocycles. The van der Waals surface area contributed by atoms with E-state index in [9.17, 15) is 13.2 Å². The normalized spacial score (nSPS) is 11.3. The highest BCUT2D eigenvalue weighted by atomic mass is 32.2. The van der Waals surface area contributed by atoms with Gasteiger partial charge >= 0.3 is 0 Å². The average Bonchev–Trinajstić information content (AvgIpc) is 2.37. The van der Waals surface area contributed by atoms with Gasteiger partial charge in [0.25, 0.3) is 5.56 Å². The Morgan fingerprint density at radius 1 is 1.30 bits per heavy atom. The highest BCUT2D eigenvalue weighted by Gasteiger charge is 2.08. The minimum Gasteiger partial charge on any atom is -0.340 e. The minimum atomic E-state index is -3.27. The van der Waals surface area contributed by atoms with Crippen LogP contribution in [0, 0.1) is 0 Å². The summed E-state index contributed by atoms with van der Waals surface area (Å²) < 4.78 is 23.0. The average molecular weight is 311 g/mol. The zero-order valence-electron chi connectivity index (χ0n) is 10.9. The van der Waals surface area contributed by atoms with E-state index in [1.54, 1.807) is 18.4 Å². The Bertz CT molecular complexity index is 785. The number of nitrogens with zero attached hydrogens (tertiary/aromatic N) is 1. The fourth-order valence-electron chi connectivity index (χ4n) is 1.55. The molecule has 6 nitrogen and oxygen atoms in total. The van der Waals surface area contributed by atoms with Crippen LogP contribution in [-0.4, -0.2) is 30.9 Å². The summed E-state index contributed by atoms with van der Waals surface area (Å²) in [5.41, 5.74) is 0.282. The summed E-state index contributed by atoms with van der Waals surface area (Å²) >= 11 is 1.31. The topological polar surface area (TPSA) is 91.9 Å². The van der Waals surface area contributed by atoms with Gasteiger partial charge in [0.05, 0.1) is 4.90 Å². The van der Waals surface area contributed by atoms with Gasteiger partial charge in [-0.1, -0.05) is 17.8 Å². The molecule has 0 aliphatic carbocycles. The number of rotatable bonds is 4. The molecule has 2 rings (SSSR count). The van der Waals surface area contributed by atoms with E-state index in [1.165, 1.54) is 30.0 Å². The van der Waals surface area contributed by atoms with Gasteiger partial charge in [0.1, 0.15) is 5.82 Å². The van der Waals surface area contributed by atoms with Crippen molar-refractivity contribution >= 4 is 33.1 Å². The first-order valence-electron chi connectivity index (χ1n) is 5.61. The highest BCUT2D eigenvalue weighted by molar-refractivity contribution is 7.98. The third-order valence-corrected chi connectivity index (χ3v) is 4.14. The molecule has 20 heavy (non-hydrogen) atoms. The molecule has 106 valence electrons. The summed E-state index contributed by atoms with van der Waals surface area (Å²) in [5.74, 6) is 0.365. The van der Waals surface area contributed by atoms with Gasteiger partial charge < -0.3 is 10.3 Å². The van der Waals surface area contributed by atoms with Crippen LogP contribution in [0.3, 0.4) is 0 Å². The van der Waals surface area contributed by atoms with Gasteiger partial charge in [0, 0.05) is 18.0 Å². The number of thioether (sulfide) groups is 1. The van der Waals surface area contributed by atoms with Crippen molar-refractivity contribution in [3.63, 3.8) is 0 Å². The van der Waals surface area contributed by atoms with E-state index in [2.05, 4.69) is 15.3 Å². The number of sulfone groups is 1. The molecule has 1 aromatic carbocycles. The second-order valence-electron chi connectivity index (χ2n) is 4.06. The molecular weight excluding hydrogens is 298 g/mol. The number of nitrogens with one attached hydrogen (secondary N) is 2. The third-order valence-electron chi connectivity index (χ3n) is 2.45. The van der Waals surface area contributed by atoms with Crippen LogP contribution in [-0.2, 0) is 9.84 Å². The molecule has 1 heterocycles. The molecule has 0 amide bonds. The van der Waals surface area contributed by atoms with Gasteiger partial charge in [0.2, 0.25) is 0 Å². The van der Waals surface area contributed by atoms with Crippen molar-refractivity contribution in [2.45, 2.75) is 10.1 Å². The lowest BCUT2D eigenvalue weighted by molar-refractivity contribution is 0.602. The maximum absolute atomic E-state index is 11.5. The molecule has 0 aliphatic heterocycles. The summed E-state index contributed by atoms with van der Waals surface area (Å²) in [6.45, 7) is 0. The molecule has 0 spiro atoms. The Morgan fingerprint density at radius 2 is 2.05 bits per heavy atom. The van der Waals surface area contributed by atoms with Crippen LogP contribution in [0.5, 0.6) is 0 Å². The zero-order valence-corrected chi connectivity index (χ0v) is 12.5. The fraction of sp³-hybridized carbons (Fsp3) is 0.167. The molecule has 2 aromatic rings. The van der Waals surface area contributed by atoms with Crippen molar-refractivity contribution in [3.8, 4) is 0 Å². The number of anilines is 2. The Hall–Kier alpha value is -1.80. The van der Waals surface area contributed by atoms with Crippen LogP contribution >= 0.6 is 11.8 Å². The second kappa shape index (κ2) is 5.68. The van der Waals surface area contributed by atoms with Gasteiger partial charge in [-0.05, 0) is 24.5 Å². The van der Waals surface area contributed by atoms with E-state index in [1.807, 2.05) is 0 Å². The summed E-state index contributed by atoms with van der Waals surface area (Å²) in [6, 6.07) is 7.65. The van der Waals surface area contributed by atoms with Gasteiger partial charge in [-0.25, -0.2) is 13.4 Å². The van der Waals surface area contributed by atoms with E-state index in [-0.39, 0.29) is 10.5 Å². The molecule has 0 unspecified atom stereocenters. The van der Waals surface area contributed by atoms with E-state index in [0.29, 0.717) is 16.7 Å². The maximum atomic E-state index is 11.5. The molecule has 0 saturated heterocycles. The Kier molecular flexibility index (Phi) is 4.15. The molecule has 0 radical (unpaired) electrons. The standard InChI is InChI=1S/C12H13N3O3S2/c1-19-12-14-10(7-11(16)15-12)13-8-4-3-5-9(6-8)20(2,17)18/h3-7H,1-2H3,(H2,13,14,15,16). The van der Waals surface area contributed by atoms with Gasteiger partial charge in [-0.3, -0.25) is 4.79 Å². The number of hydrogen-bond donors (Lipinski definition) is 2. The molecule has 8 heteroatoms. The van der Waals surface area contributed by atoms with Crippen LogP contribution < -0.4 is 10.9 Å². The monoisotopic (exact) mass is 311 g/mol. The largest absolute Gasteiger partial charge is 0.340 e. The van der Waals surface area contributed by atoms with Crippen molar-refractivity contribution in [1.82, 2.24) is 9.97 Å². The molecule has 0 saturated carbocycles. The van der Waals surface area contributed by atoms with Crippen molar-refractivity contribution in [1.29, 1.82) is 0 Å². The highest BCUT2D eigenvalue weighted by Crippen LogP contribution is 2.19. The van der Waals surface area contributed by atoms with Gasteiger partial charge in [0.15, 0.2) is 15.0 Å². The van der Waals surface area contributed by atoms with Crippen molar-refractivity contribution in [3.05, 3.63) is 40.7 Å². The Morgan fingerprint density at radius 3 is 2.70 bits per heavy atom. The molecule has 0 aliphatic rings. The second-order valence-corrected chi connectivity index (χ2v) is 6.88. The zero-order chi connectivity index (χ0) is 14.8. The molecular formula is C12H13N3O3S2. The molecule has 0 atom stereocenters. The lowest BCUT2D eigenvalue weighted by atomic mass is 10.3. The van der Waals surface area contributed by atoms with Gasteiger partial charge in [-0.15, -0.1) is 0 Å². The van der Waals surface area contributed by atoms with Crippen LogP contribution in [0.25, 0.3) is 0 Å². The minimum absolute atomic E-state index is 0.206. The predicted molar refractivity (Wildman–Crippen MR) is 79.5 cm³/mol. The Labute approximate surface area is 120 Å². The number of aromatic nitrogens is 2. The van der Waals surface area contributed by atoms with E-state index in [0.717, 1.165) is 6.26 Å². The number of aromatic amines is 1. The third kappa shape index (κ3) is 3.61. The van der Waals surface area contributed by atoms with Gasteiger partial charge in [-0.2, -0.15) is 0 Å². The molecule has 0 bridgehead atoms. The lowest BCUT2D eigenvalue weighted by Crippen LogP contribution is -2.09. The van der Waals surface area contributed by atoms with Crippen molar-refractivity contribution < 1.29 is 8.42 Å². The van der Waals surface area contributed by atoms with Crippen molar-refractivity contribution in [2.75, 3.05) is 17.8 Å². The van der Waals surface area contributed by atoms with Crippen LogP contribution in [0.15, 0.2) is 45.2 Å². The number of hydrogen-bond acceptors (Lipinski definition) is 6. The van der Waals surface area contributed by atoms with E-state index < -0.39 is 9.84 Å². The van der Waals surface area contributed by atoms with Crippen LogP contribution in [0.1, 0.15) is 0 Å². The van der Waals surface area contributed by atoms with Crippen molar-refractivity contribution in [2.24, 2.45) is 0 Å². The molecule has 0 fully saturated rings. The smallest absolute Gasteiger partial charge is 0.253 e. The number of H-pyrrole nitrogens is 1. The Balaban J connectivity index is 2.35. The first-order valence-corrected chi connectivity index (χ1v) is 8.72. The fourth-order valence-corrected chi connectivity index (χ4v) is 2.61. The SMILES string of the molecule is CSc1nc(Nc2cccc(S(C)(=O)=O)c2)cc(=O)[nH]1. The van der Waals surface area contributed by atoms with E-state index >= 15 is 0 Å². The summed E-state index contributed by atoms with van der Waals surface area (Å²) in [4.78, 5) is 18.4. The summed E-state index contributed by atoms with van der Waals surface area (Å²) in [5, 5.41) is 3.41. The molecule has 2 N–H and O–H groups in total. The predicted octanol–water partition coefficient (Wildman–Crippen LogP) is 1.64.